The van der Waals surface area contributed by atoms with Gasteiger partial charge >= 0.3 is 11.9 Å². The molecular formula is C16H28N2O6S2. The molecule has 0 spiro atoms. The Labute approximate surface area is 162 Å². The second-order valence-corrected chi connectivity index (χ2v) is 7.93. The van der Waals surface area contributed by atoms with Crippen molar-refractivity contribution in [3.63, 3.8) is 0 Å². The number of ether oxygens (including phenoxy) is 2. The first-order chi connectivity index (χ1) is 12.3. The van der Waals surface area contributed by atoms with Crippen LogP contribution in [0.4, 0.5) is 0 Å². The second-order valence-electron chi connectivity index (χ2n) is 5.23. The zero-order valence-corrected chi connectivity index (χ0v) is 17.3. The molecule has 0 aromatic carbocycles. The zero-order chi connectivity index (χ0) is 19.9. The fourth-order valence-electron chi connectivity index (χ4n) is 1.92. The first-order valence-corrected chi connectivity index (χ1v) is 10.9. The predicted octanol–water partition coefficient (Wildman–Crippen LogP) is 1.28. The average molecular weight is 409 g/mol. The van der Waals surface area contributed by atoms with Crippen LogP contribution in [0.5, 0.6) is 0 Å². The van der Waals surface area contributed by atoms with Crippen LogP contribution in [0.2, 0.25) is 0 Å². The van der Waals surface area contributed by atoms with Crippen molar-refractivity contribution in [1.29, 1.82) is 0 Å². The Morgan fingerprint density at radius 2 is 1.12 bits per heavy atom. The Morgan fingerprint density at radius 1 is 0.769 bits per heavy atom. The van der Waals surface area contributed by atoms with E-state index >= 15 is 0 Å². The van der Waals surface area contributed by atoms with E-state index in [2.05, 4.69) is 10.6 Å². The molecule has 0 rings (SSSR count). The van der Waals surface area contributed by atoms with Crippen LogP contribution in [-0.4, -0.2) is 60.6 Å². The smallest absolute Gasteiger partial charge is 0.328 e. The summed E-state index contributed by atoms with van der Waals surface area (Å²) in [4.78, 5) is 45.9. The molecular weight excluding hydrogens is 380 g/mol. The highest BCUT2D eigenvalue weighted by Crippen LogP contribution is 2.24. The summed E-state index contributed by atoms with van der Waals surface area (Å²) >= 11 is 0. The number of hydrogen-bond donors (Lipinski definition) is 2. The maximum absolute atomic E-state index is 11.8. The molecule has 26 heavy (non-hydrogen) atoms. The van der Waals surface area contributed by atoms with Gasteiger partial charge in [-0.15, -0.1) is 0 Å². The lowest BCUT2D eigenvalue weighted by atomic mass is 10.2. The van der Waals surface area contributed by atoms with E-state index in [0.29, 0.717) is 24.3 Å². The normalized spacial score (nSPS) is 12.6. The summed E-state index contributed by atoms with van der Waals surface area (Å²) in [5.41, 5.74) is 0. The lowest BCUT2D eigenvalue weighted by Gasteiger charge is -2.17. The predicted molar refractivity (Wildman–Crippen MR) is 103 cm³/mol. The molecule has 2 N–H and O–H groups in total. The van der Waals surface area contributed by atoms with Crippen LogP contribution < -0.4 is 10.6 Å². The fourth-order valence-corrected chi connectivity index (χ4v) is 4.11. The maximum Gasteiger partial charge on any atom is 0.328 e. The molecule has 150 valence electrons. The van der Waals surface area contributed by atoms with Crippen molar-refractivity contribution in [2.45, 2.75) is 52.6 Å². The van der Waals surface area contributed by atoms with Crippen LogP contribution in [0.15, 0.2) is 0 Å². The third-order valence-electron chi connectivity index (χ3n) is 2.96. The highest BCUT2D eigenvalue weighted by atomic mass is 33.1. The molecule has 0 unspecified atom stereocenters. The van der Waals surface area contributed by atoms with Crippen LogP contribution in [-0.2, 0) is 28.7 Å². The van der Waals surface area contributed by atoms with E-state index in [9.17, 15) is 19.2 Å². The van der Waals surface area contributed by atoms with Gasteiger partial charge in [-0.1, -0.05) is 21.6 Å². The Hall–Kier alpha value is -1.42. The lowest BCUT2D eigenvalue weighted by Crippen LogP contribution is -2.41. The van der Waals surface area contributed by atoms with Gasteiger partial charge in [0, 0.05) is 25.4 Å². The van der Waals surface area contributed by atoms with Crippen molar-refractivity contribution >= 4 is 45.3 Å². The third kappa shape index (κ3) is 12.0. The largest absolute Gasteiger partial charge is 0.464 e. The summed E-state index contributed by atoms with van der Waals surface area (Å²) in [7, 11) is 3.05. The fraction of sp³-hybridized carbons (Fsp3) is 0.750. The van der Waals surface area contributed by atoms with E-state index in [4.69, 9.17) is 9.47 Å². The first-order valence-electron chi connectivity index (χ1n) is 8.43. The minimum atomic E-state index is -0.660. The van der Waals surface area contributed by atoms with Gasteiger partial charge in [-0.05, 0) is 26.7 Å². The van der Waals surface area contributed by atoms with Crippen molar-refractivity contribution in [1.82, 2.24) is 10.6 Å². The Kier molecular flexibility index (Phi) is 13.9. The number of carbonyl (C=O) groups excluding carboxylic acids is 4. The zero-order valence-electron chi connectivity index (χ0n) is 15.7. The summed E-state index contributed by atoms with van der Waals surface area (Å²) < 4.78 is 9.88. The topological polar surface area (TPSA) is 111 Å². The second kappa shape index (κ2) is 14.7. The summed E-state index contributed by atoms with van der Waals surface area (Å²) in [6.07, 6.45) is 0.895. The molecule has 2 amide bonds. The molecule has 0 aliphatic rings. The van der Waals surface area contributed by atoms with Gasteiger partial charge in [-0.2, -0.15) is 0 Å². The number of carbonyl (C=O) groups is 4. The van der Waals surface area contributed by atoms with Gasteiger partial charge in [0.2, 0.25) is 11.8 Å². The van der Waals surface area contributed by atoms with Crippen molar-refractivity contribution in [2.75, 3.05) is 24.7 Å². The van der Waals surface area contributed by atoms with Gasteiger partial charge in [0.15, 0.2) is 0 Å². The summed E-state index contributed by atoms with van der Waals surface area (Å²) in [6.45, 7) is 6.65. The molecule has 0 aliphatic heterocycles. The van der Waals surface area contributed by atoms with Gasteiger partial charge < -0.3 is 20.1 Å². The van der Waals surface area contributed by atoms with Gasteiger partial charge in [-0.3, -0.25) is 9.59 Å². The molecule has 8 nitrogen and oxygen atoms in total. The molecule has 0 saturated carbocycles. The van der Waals surface area contributed by atoms with E-state index in [1.165, 1.54) is 35.4 Å². The van der Waals surface area contributed by atoms with Crippen LogP contribution >= 0.6 is 21.6 Å². The van der Waals surface area contributed by atoms with Gasteiger partial charge in [-0.25, -0.2) is 9.59 Å². The minimum Gasteiger partial charge on any atom is -0.464 e. The first kappa shape index (κ1) is 24.6. The molecule has 10 heteroatoms. The van der Waals surface area contributed by atoms with E-state index < -0.39 is 24.0 Å². The summed E-state index contributed by atoms with van der Waals surface area (Å²) in [6, 6.07) is -1.32. The molecule has 0 fully saturated rings. The number of amides is 2. The number of nitrogens with one attached hydrogen (secondary N) is 2. The third-order valence-corrected chi connectivity index (χ3v) is 5.43. The van der Waals surface area contributed by atoms with Crippen molar-refractivity contribution in [3.8, 4) is 0 Å². The highest BCUT2D eigenvalue weighted by Gasteiger charge is 2.21. The average Bonchev–Trinajstić information content (AvgIpc) is 2.55. The Bertz CT molecular complexity index is 434. The standard InChI is InChI=1S/C16H28N2O6S2/c1-5-23-15(21)13(17-11(3)19)7-9-25-26-10-8-14(18-12(4)20)16(22)24-6-2/h13-14H,5-10H2,1-4H3,(H,17,19)(H,18,20)/t13-,14-/m0/s1. The molecule has 0 aromatic heterocycles. The van der Waals surface area contributed by atoms with Crippen molar-refractivity contribution in [3.05, 3.63) is 0 Å². The van der Waals surface area contributed by atoms with Crippen molar-refractivity contribution < 1.29 is 28.7 Å². The summed E-state index contributed by atoms with van der Waals surface area (Å²) in [5.74, 6) is -0.207. The minimum absolute atomic E-state index is 0.259. The number of hydrogen-bond acceptors (Lipinski definition) is 8. The van der Waals surface area contributed by atoms with Crippen LogP contribution in [0, 0.1) is 0 Å². The monoisotopic (exact) mass is 408 g/mol. The molecule has 0 radical (unpaired) electrons. The van der Waals surface area contributed by atoms with E-state index in [1.54, 1.807) is 13.8 Å². The Balaban J connectivity index is 4.20. The number of esters is 2. The maximum atomic E-state index is 11.8. The molecule has 0 aliphatic carbocycles. The van der Waals surface area contributed by atoms with E-state index in [1.807, 2.05) is 0 Å². The van der Waals surface area contributed by atoms with Gasteiger partial charge in [0.1, 0.15) is 12.1 Å². The summed E-state index contributed by atoms with van der Waals surface area (Å²) in [5, 5.41) is 5.16. The molecule has 2 atom stereocenters. The Morgan fingerprint density at radius 3 is 1.38 bits per heavy atom. The lowest BCUT2D eigenvalue weighted by molar-refractivity contribution is -0.147. The SMILES string of the molecule is CCOC(=O)[C@H](CCSSCC[C@H](NC(C)=O)C(=O)OCC)NC(C)=O. The molecule has 0 aromatic rings. The molecule has 0 saturated heterocycles. The van der Waals surface area contributed by atoms with E-state index in [0.717, 1.165) is 0 Å². The molecule has 0 heterocycles. The van der Waals surface area contributed by atoms with Gasteiger partial charge in [0.25, 0.3) is 0 Å². The van der Waals surface area contributed by atoms with Gasteiger partial charge in [0.05, 0.1) is 13.2 Å². The number of rotatable bonds is 13. The van der Waals surface area contributed by atoms with E-state index in [-0.39, 0.29) is 25.0 Å². The van der Waals surface area contributed by atoms with Crippen LogP contribution in [0.25, 0.3) is 0 Å². The van der Waals surface area contributed by atoms with Crippen LogP contribution in [0.3, 0.4) is 0 Å². The highest BCUT2D eigenvalue weighted by molar-refractivity contribution is 8.76. The van der Waals surface area contributed by atoms with Crippen molar-refractivity contribution in [2.24, 2.45) is 0 Å². The molecule has 0 bridgehead atoms. The van der Waals surface area contributed by atoms with Crippen LogP contribution in [0.1, 0.15) is 40.5 Å². The quantitative estimate of drug-likeness (QED) is 0.266.